The summed E-state index contributed by atoms with van der Waals surface area (Å²) < 4.78 is 5.19. The van der Waals surface area contributed by atoms with E-state index in [0.29, 0.717) is 12.1 Å². The van der Waals surface area contributed by atoms with Crippen LogP contribution in [0.2, 0.25) is 0 Å². The van der Waals surface area contributed by atoms with E-state index in [-0.39, 0.29) is 5.91 Å². The SMILES string of the molecule is Cc1cc(C)cc(NC(=O)c2ccc(CNC(=O)OC(C)(C)C)cc2)c1. The first-order chi connectivity index (χ1) is 12.1. The highest BCUT2D eigenvalue weighted by Gasteiger charge is 2.15. The Bertz CT molecular complexity index is 770. The molecule has 0 aromatic heterocycles. The maximum atomic E-state index is 12.4. The lowest BCUT2D eigenvalue weighted by Gasteiger charge is -2.19. The van der Waals surface area contributed by atoms with Crippen LogP contribution in [0.25, 0.3) is 0 Å². The van der Waals surface area contributed by atoms with Crippen LogP contribution in [0.15, 0.2) is 42.5 Å². The third-order valence-electron chi connectivity index (χ3n) is 3.53. The highest BCUT2D eigenvalue weighted by Crippen LogP contribution is 2.15. The molecule has 2 aromatic carbocycles. The molecular weight excluding hydrogens is 328 g/mol. The lowest BCUT2D eigenvalue weighted by molar-refractivity contribution is 0.0523. The van der Waals surface area contributed by atoms with Crippen molar-refractivity contribution in [1.29, 1.82) is 0 Å². The smallest absolute Gasteiger partial charge is 0.407 e. The number of ether oxygens (including phenoxy) is 1. The monoisotopic (exact) mass is 354 g/mol. The van der Waals surface area contributed by atoms with Gasteiger partial charge in [0.2, 0.25) is 0 Å². The van der Waals surface area contributed by atoms with Gasteiger partial charge in [0.15, 0.2) is 0 Å². The van der Waals surface area contributed by atoms with E-state index in [1.54, 1.807) is 12.1 Å². The summed E-state index contributed by atoms with van der Waals surface area (Å²) in [4.78, 5) is 24.0. The first-order valence-electron chi connectivity index (χ1n) is 8.58. The highest BCUT2D eigenvalue weighted by molar-refractivity contribution is 6.04. The zero-order valence-corrected chi connectivity index (χ0v) is 16.0. The Balaban J connectivity index is 1.94. The van der Waals surface area contributed by atoms with Crippen LogP contribution >= 0.6 is 0 Å². The molecule has 0 aliphatic rings. The zero-order chi connectivity index (χ0) is 19.3. The van der Waals surface area contributed by atoms with Gasteiger partial charge in [-0.2, -0.15) is 0 Å². The molecule has 2 aromatic rings. The van der Waals surface area contributed by atoms with Crippen LogP contribution in [0.3, 0.4) is 0 Å². The maximum absolute atomic E-state index is 12.4. The van der Waals surface area contributed by atoms with E-state index in [2.05, 4.69) is 16.7 Å². The van der Waals surface area contributed by atoms with Gasteiger partial charge in [-0.3, -0.25) is 4.79 Å². The fourth-order valence-corrected chi connectivity index (χ4v) is 2.51. The molecule has 138 valence electrons. The van der Waals surface area contributed by atoms with Gasteiger partial charge < -0.3 is 15.4 Å². The van der Waals surface area contributed by atoms with Crippen molar-refractivity contribution in [3.63, 3.8) is 0 Å². The molecule has 0 unspecified atom stereocenters. The Morgan fingerprint density at radius 2 is 1.54 bits per heavy atom. The number of amides is 2. The van der Waals surface area contributed by atoms with Gasteiger partial charge in [0.1, 0.15) is 5.60 Å². The van der Waals surface area contributed by atoms with E-state index in [1.807, 2.05) is 58.9 Å². The Labute approximate surface area is 154 Å². The molecule has 0 aliphatic carbocycles. The predicted molar refractivity (Wildman–Crippen MR) is 103 cm³/mol. The van der Waals surface area contributed by atoms with Gasteiger partial charge in [-0.1, -0.05) is 18.2 Å². The molecule has 0 heterocycles. The summed E-state index contributed by atoms with van der Waals surface area (Å²) in [6, 6.07) is 13.0. The molecule has 0 spiro atoms. The molecule has 2 amide bonds. The predicted octanol–water partition coefficient (Wildman–Crippen LogP) is 4.58. The minimum Gasteiger partial charge on any atom is -0.444 e. The van der Waals surface area contributed by atoms with Crippen LogP contribution in [-0.2, 0) is 11.3 Å². The highest BCUT2D eigenvalue weighted by atomic mass is 16.6. The van der Waals surface area contributed by atoms with Crippen molar-refractivity contribution in [2.75, 3.05) is 5.32 Å². The van der Waals surface area contributed by atoms with E-state index in [4.69, 9.17) is 4.74 Å². The molecule has 2 rings (SSSR count). The quantitative estimate of drug-likeness (QED) is 0.844. The van der Waals surface area contributed by atoms with Crippen molar-refractivity contribution < 1.29 is 14.3 Å². The van der Waals surface area contributed by atoms with Crippen molar-refractivity contribution in [2.24, 2.45) is 0 Å². The Morgan fingerprint density at radius 3 is 2.08 bits per heavy atom. The molecule has 5 nitrogen and oxygen atoms in total. The molecule has 0 saturated carbocycles. The van der Waals surface area contributed by atoms with Crippen molar-refractivity contribution in [3.8, 4) is 0 Å². The Kier molecular flexibility index (Phi) is 6.03. The number of hydrogen-bond donors (Lipinski definition) is 2. The molecule has 0 saturated heterocycles. The standard InChI is InChI=1S/C21H26N2O3/c1-14-10-15(2)12-18(11-14)23-19(24)17-8-6-16(7-9-17)13-22-20(25)26-21(3,4)5/h6-12H,13H2,1-5H3,(H,22,25)(H,23,24). The number of benzene rings is 2. The lowest BCUT2D eigenvalue weighted by Crippen LogP contribution is -2.32. The molecule has 2 N–H and O–H groups in total. The normalized spacial score (nSPS) is 11.0. The van der Waals surface area contributed by atoms with E-state index in [9.17, 15) is 9.59 Å². The number of carbonyl (C=O) groups is 2. The average Bonchev–Trinajstić information content (AvgIpc) is 2.50. The van der Waals surface area contributed by atoms with Gasteiger partial charge in [0.25, 0.3) is 5.91 Å². The minimum atomic E-state index is -0.528. The van der Waals surface area contributed by atoms with Crippen molar-refractivity contribution in [1.82, 2.24) is 5.32 Å². The summed E-state index contributed by atoms with van der Waals surface area (Å²) in [5.41, 5.74) is 3.90. The molecule has 0 atom stereocenters. The molecule has 0 aliphatic heterocycles. The first-order valence-corrected chi connectivity index (χ1v) is 8.58. The fourth-order valence-electron chi connectivity index (χ4n) is 2.51. The summed E-state index contributed by atoms with van der Waals surface area (Å²) in [6.07, 6.45) is -0.464. The number of rotatable bonds is 4. The summed E-state index contributed by atoms with van der Waals surface area (Å²) in [5, 5.41) is 5.60. The van der Waals surface area contributed by atoms with Gasteiger partial charge >= 0.3 is 6.09 Å². The summed E-state index contributed by atoms with van der Waals surface area (Å²) >= 11 is 0. The van der Waals surface area contributed by atoms with Crippen LogP contribution in [0, 0.1) is 13.8 Å². The van der Waals surface area contributed by atoms with Gasteiger partial charge in [-0.15, -0.1) is 0 Å². The lowest BCUT2D eigenvalue weighted by atomic mass is 10.1. The largest absolute Gasteiger partial charge is 0.444 e. The molecule has 0 bridgehead atoms. The number of carbonyl (C=O) groups excluding carboxylic acids is 2. The van der Waals surface area contributed by atoms with E-state index in [1.165, 1.54) is 0 Å². The number of hydrogen-bond acceptors (Lipinski definition) is 3. The van der Waals surface area contributed by atoms with E-state index >= 15 is 0 Å². The van der Waals surface area contributed by atoms with Gasteiger partial charge in [0, 0.05) is 17.8 Å². The second-order valence-corrected chi connectivity index (χ2v) is 7.38. The average molecular weight is 354 g/mol. The van der Waals surface area contributed by atoms with Crippen molar-refractivity contribution in [2.45, 2.75) is 46.8 Å². The number of anilines is 1. The Hall–Kier alpha value is -2.82. The molecule has 0 radical (unpaired) electrons. The molecule has 0 fully saturated rings. The van der Waals surface area contributed by atoms with Crippen LogP contribution in [0.1, 0.15) is 47.8 Å². The Morgan fingerprint density at radius 1 is 0.962 bits per heavy atom. The summed E-state index contributed by atoms with van der Waals surface area (Å²) in [5.74, 6) is -0.165. The molecule has 5 heteroatoms. The van der Waals surface area contributed by atoms with Gasteiger partial charge in [-0.05, 0) is 75.6 Å². The van der Waals surface area contributed by atoms with E-state index < -0.39 is 11.7 Å². The van der Waals surface area contributed by atoms with Crippen molar-refractivity contribution >= 4 is 17.7 Å². The summed E-state index contributed by atoms with van der Waals surface area (Å²) in [7, 11) is 0. The fraction of sp³-hybridized carbons (Fsp3) is 0.333. The third-order valence-corrected chi connectivity index (χ3v) is 3.53. The third kappa shape index (κ3) is 6.24. The number of nitrogens with one attached hydrogen (secondary N) is 2. The first kappa shape index (κ1) is 19.5. The van der Waals surface area contributed by atoms with Crippen LogP contribution < -0.4 is 10.6 Å². The summed E-state index contributed by atoms with van der Waals surface area (Å²) in [6.45, 7) is 9.78. The minimum absolute atomic E-state index is 0.165. The van der Waals surface area contributed by atoms with E-state index in [0.717, 1.165) is 22.4 Å². The van der Waals surface area contributed by atoms with Gasteiger partial charge in [-0.25, -0.2) is 4.79 Å². The zero-order valence-electron chi connectivity index (χ0n) is 16.0. The van der Waals surface area contributed by atoms with Crippen LogP contribution in [0.5, 0.6) is 0 Å². The molecule has 26 heavy (non-hydrogen) atoms. The van der Waals surface area contributed by atoms with Crippen LogP contribution in [-0.4, -0.2) is 17.6 Å². The number of aryl methyl sites for hydroxylation is 2. The number of alkyl carbamates (subject to hydrolysis) is 1. The second-order valence-electron chi connectivity index (χ2n) is 7.38. The van der Waals surface area contributed by atoms with Crippen molar-refractivity contribution in [3.05, 3.63) is 64.7 Å². The topological polar surface area (TPSA) is 67.4 Å². The second kappa shape index (κ2) is 8.04. The maximum Gasteiger partial charge on any atom is 0.407 e. The van der Waals surface area contributed by atoms with Gasteiger partial charge in [0.05, 0.1) is 0 Å². The molecular formula is C21H26N2O3. The van der Waals surface area contributed by atoms with Crippen LogP contribution in [0.4, 0.5) is 10.5 Å².